The van der Waals surface area contributed by atoms with Crippen molar-refractivity contribution in [2.75, 3.05) is 12.4 Å². The molecule has 0 aliphatic carbocycles. The normalized spacial score (nSPS) is 10.7. The minimum absolute atomic E-state index is 0.524. The predicted octanol–water partition coefficient (Wildman–Crippen LogP) is 2.78. The van der Waals surface area contributed by atoms with Crippen LogP contribution in [0.4, 0.5) is 5.69 Å². The smallest absolute Gasteiger partial charge is 0.284 e. The Morgan fingerprint density at radius 1 is 1.33 bits per heavy atom. The molecule has 0 spiro atoms. The number of benzene rings is 1. The van der Waals surface area contributed by atoms with Crippen molar-refractivity contribution < 1.29 is 9.15 Å². The van der Waals surface area contributed by atoms with Gasteiger partial charge in [0.25, 0.3) is 5.95 Å². The highest BCUT2D eigenvalue weighted by Crippen LogP contribution is 2.19. The van der Waals surface area contributed by atoms with Gasteiger partial charge in [-0.05, 0) is 24.3 Å². The molecule has 92 valence electrons. The Kier molecular flexibility index (Phi) is 2.64. The number of methoxy groups -OCH3 is 1. The van der Waals surface area contributed by atoms with Crippen molar-refractivity contribution in [2.45, 2.75) is 6.54 Å². The summed E-state index contributed by atoms with van der Waals surface area (Å²) in [5, 5.41) is 3.28. The van der Waals surface area contributed by atoms with E-state index in [1.807, 2.05) is 24.3 Å². The first-order valence-electron chi connectivity index (χ1n) is 5.65. The summed E-state index contributed by atoms with van der Waals surface area (Å²) < 4.78 is 10.4. The van der Waals surface area contributed by atoms with Crippen LogP contribution in [0, 0.1) is 0 Å². The van der Waals surface area contributed by atoms with Crippen molar-refractivity contribution in [2.24, 2.45) is 0 Å². The van der Waals surface area contributed by atoms with Gasteiger partial charge in [-0.3, -0.25) is 0 Å². The predicted molar refractivity (Wildman–Crippen MR) is 68.7 cm³/mol. The van der Waals surface area contributed by atoms with Crippen LogP contribution in [0.25, 0.3) is 11.0 Å². The number of hydrogen-bond donors (Lipinski definition) is 2. The van der Waals surface area contributed by atoms with Crippen molar-refractivity contribution in [3.8, 4) is 5.95 Å². The molecule has 0 saturated carbocycles. The lowest BCUT2D eigenvalue weighted by Crippen LogP contribution is -1.97. The summed E-state index contributed by atoms with van der Waals surface area (Å²) >= 11 is 0. The summed E-state index contributed by atoms with van der Waals surface area (Å²) in [4.78, 5) is 7.25. The highest BCUT2D eigenvalue weighted by Gasteiger charge is 2.02. The first-order valence-corrected chi connectivity index (χ1v) is 5.65. The van der Waals surface area contributed by atoms with Gasteiger partial charge >= 0.3 is 0 Å². The number of furan rings is 1. The minimum atomic E-state index is 0.524. The lowest BCUT2D eigenvalue weighted by Gasteiger charge is -2.04. The summed E-state index contributed by atoms with van der Waals surface area (Å²) in [6.07, 6.45) is 1.69. The number of fused-ring (bicyclic) bond motifs is 1. The molecule has 0 aliphatic rings. The van der Waals surface area contributed by atoms with E-state index >= 15 is 0 Å². The quantitative estimate of drug-likeness (QED) is 0.739. The topological polar surface area (TPSA) is 63.1 Å². The zero-order chi connectivity index (χ0) is 12.4. The van der Waals surface area contributed by atoms with Gasteiger partial charge < -0.3 is 19.5 Å². The van der Waals surface area contributed by atoms with E-state index in [1.54, 1.807) is 19.5 Å². The number of nitrogens with zero attached hydrogens (tertiary/aromatic N) is 1. The van der Waals surface area contributed by atoms with E-state index in [0.29, 0.717) is 12.5 Å². The Balaban J connectivity index is 1.72. The van der Waals surface area contributed by atoms with Gasteiger partial charge in [-0.1, -0.05) is 0 Å². The van der Waals surface area contributed by atoms with Crippen LogP contribution in [-0.4, -0.2) is 17.1 Å². The summed E-state index contributed by atoms with van der Waals surface area (Å²) in [5.41, 5.74) is 2.99. The fraction of sp³-hybridized carbons (Fsp3) is 0.154. The first-order chi connectivity index (χ1) is 8.85. The monoisotopic (exact) mass is 243 g/mol. The third-order valence-electron chi connectivity index (χ3n) is 2.73. The maximum absolute atomic E-state index is 5.42. The molecule has 18 heavy (non-hydrogen) atoms. The number of imidazole rings is 1. The molecule has 0 bridgehead atoms. The molecule has 1 aromatic carbocycles. The fourth-order valence-electron chi connectivity index (χ4n) is 1.80. The van der Waals surface area contributed by atoms with E-state index in [-0.39, 0.29) is 0 Å². The van der Waals surface area contributed by atoms with E-state index in [0.717, 1.165) is 22.5 Å². The second kappa shape index (κ2) is 4.44. The van der Waals surface area contributed by atoms with Crippen LogP contribution in [-0.2, 0) is 6.54 Å². The molecule has 0 aliphatic heterocycles. The Labute approximate surface area is 104 Å². The number of aromatic nitrogens is 2. The van der Waals surface area contributed by atoms with Crippen molar-refractivity contribution in [3.63, 3.8) is 0 Å². The lowest BCUT2D eigenvalue weighted by molar-refractivity contribution is 0.295. The van der Waals surface area contributed by atoms with Crippen molar-refractivity contribution in [1.29, 1.82) is 0 Å². The molecule has 5 heteroatoms. The standard InChI is InChI=1S/C13H13N3O2/c1-17-13-5-3-10(18-13)7-14-9-2-4-11-12(6-9)16-8-15-11/h2-6,8,14H,7H2,1H3,(H,15,16). The van der Waals surface area contributed by atoms with Gasteiger partial charge in [0, 0.05) is 11.8 Å². The number of nitrogens with one attached hydrogen (secondary N) is 2. The van der Waals surface area contributed by atoms with E-state index in [1.165, 1.54) is 0 Å². The van der Waals surface area contributed by atoms with Crippen LogP contribution in [0.15, 0.2) is 41.1 Å². The van der Waals surface area contributed by atoms with Gasteiger partial charge in [-0.2, -0.15) is 0 Å². The van der Waals surface area contributed by atoms with Gasteiger partial charge in [-0.25, -0.2) is 4.98 Å². The number of ether oxygens (including phenoxy) is 1. The maximum atomic E-state index is 5.42. The third-order valence-corrected chi connectivity index (χ3v) is 2.73. The average molecular weight is 243 g/mol. The van der Waals surface area contributed by atoms with Gasteiger partial charge in [0.05, 0.1) is 31.0 Å². The Morgan fingerprint density at radius 3 is 3.11 bits per heavy atom. The SMILES string of the molecule is COc1ccc(CNc2ccc3nc[nH]c3c2)o1. The Hall–Kier alpha value is -2.43. The highest BCUT2D eigenvalue weighted by atomic mass is 16.6. The van der Waals surface area contributed by atoms with Crippen molar-refractivity contribution in [1.82, 2.24) is 9.97 Å². The fourth-order valence-corrected chi connectivity index (χ4v) is 1.80. The van der Waals surface area contributed by atoms with Crippen LogP contribution in [0.5, 0.6) is 5.95 Å². The van der Waals surface area contributed by atoms with Gasteiger partial charge in [0.1, 0.15) is 5.76 Å². The molecular formula is C13H13N3O2. The number of aromatic amines is 1. The zero-order valence-corrected chi connectivity index (χ0v) is 9.93. The Morgan fingerprint density at radius 2 is 2.28 bits per heavy atom. The zero-order valence-electron chi connectivity index (χ0n) is 9.93. The summed E-state index contributed by atoms with van der Waals surface area (Å²) in [6.45, 7) is 0.614. The van der Waals surface area contributed by atoms with Crippen LogP contribution in [0.2, 0.25) is 0 Å². The van der Waals surface area contributed by atoms with E-state index in [4.69, 9.17) is 9.15 Å². The van der Waals surface area contributed by atoms with Crippen LogP contribution in [0.1, 0.15) is 5.76 Å². The third kappa shape index (κ3) is 2.02. The summed E-state index contributed by atoms with van der Waals surface area (Å²) in [5.74, 6) is 1.35. The molecule has 2 heterocycles. The van der Waals surface area contributed by atoms with E-state index < -0.39 is 0 Å². The van der Waals surface area contributed by atoms with Crippen LogP contribution >= 0.6 is 0 Å². The Bertz CT molecular complexity index is 657. The molecule has 0 amide bonds. The molecule has 0 fully saturated rings. The molecule has 0 atom stereocenters. The number of rotatable bonds is 4. The lowest BCUT2D eigenvalue weighted by atomic mass is 10.2. The maximum Gasteiger partial charge on any atom is 0.284 e. The van der Waals surface area contributed by atoms with Gasteiger partial charge in [-0.15, -0.1) is 0 Å². The molecule has 2 N–H and O–H groups in total. The molecule has 3 rings (SSSR count). The molecule has 3 aromatic rings. The molecule has 0 radical (unpaired) electrons. The van der Waals surface area contributed by atoms with Gasteiger partial charge in [0.15, 0.2) is 0 Å². The summed E-state index contributed by atoms with van der Waals surface area (Å²) in [7, 11) is 1.59. The van der Waals surface area contributed by atoms with Crippen molar-refractivity contribution in [3.05, 3.63) is 42.4 Å². The van der Waals surface area contributed by atoms with Crippen LogP contribution in [0.3, 0.4) is 0 Å². The second-order valence-corrected chi connectivity index (χ2v) is 3.91. The average Bonchev–Trinajstić information content (AvgIpc) is 3.04. The van der Waals surface area contributed by atoms with E-state index in [2.05, 4.69) is 15.3 Å². The minimum Gasteiger partial charge on any atom is -0.468 e. The van der Waals surface area contributed by atoms with Crippen LogP contribution < -0.4 is 10.1 Å². The first kappa shape index (κ1) is 10.7. The molecule has 2 aromatic heterocycles. The number of H-pyrrole nitrogens is 1. The number of hydrogen-bond acceptors (Lipinski definition) is 4. The highest BCUT2D eigenvalue weighted by molar-refractivity contribution is 5.78. The van der Waals surface area contributed by atoms with E-state index in [9.17, 15) is 0 Å². The molecular weight excluding hydrogens is 230 g/mol. The molecule has 5 nitrogen and oxygen atoms in total. The molecule has 0 unspecified atom stereocenters. The second-order valence-electron chi connectivity index (χ2n) is 3.91. The molecule has 0 saturated heterocycles. The number of anilines is 1. The largest absolute Gasteiger partial charge is 0.468 e. The van der Waals surface area contributed by atoms with Gasteiger partial charge in [0.2, 0.25) is 0 Å². The van der Waals surface area contributed by atoms with Crippen molar-refractivity contribution >= 4 is 16.7 Å². The summed E-state index contributed by atoms with van der Waals surface area (Å²) in [6, 6.07) is 9.67.